The highest BCUT2D eigenvalue weighted by Gasteiger charge is 2.29. The molecule has 0 aliphatic heterocycles. The first-order valence-corrected chi connectivity index (χ1v) is 11.0. The van der Waals surface area contributed by atoms with E-state index >= 15 is 0 Å². The van der Waals surface area contributed by atoms with Gasteiger partial charge in [-0.05, 0) is 35.6 Å². The van der Waals surface area contributed by atoms with Crippen LogP contribution in [0.15, 0.2) is 48.5 Å². The molecule has 1 unspecified atom stereocenters. The standard InChI is InChI=1S/C25H30N2O5/c1-3-4-9-17(14-23(28)29)27-24(30)16(2)26-25(31)32-15-22-20-12-7-5-10-18(20)19-11-6-8-13-21(19)22/h5-8,10-13,16-17,22H,3-4,9,14-15H2,1-2H3,(H,26,31)(H,27,30)(H,28,29)/t16-,17?/m1/s1. The number of aliphatic carboxylic acids is 1. The summed E-state index contributed by atoms with van der Waals surface area (Å²) in [4.78, 5) is 35.9. The number of ether oxygens (including phenoxy) is 1. The molecular formula is C25H30N2O5. The lowest BCUT2D eigenvalue weighted by molar-refractivity contribution is -0.137. The summed E-state index contributed by atoms with van der Waals surface area (Å²) in [5, 5.41) is 14.3. The minimum atomic E-state index is -0.969. The summed E-state index contributed by atoms with van der Waals surface area (Å²) in [5.74, 6) is -1.46. The maximum Gasteiger partial charge on any atom is 0.407 e. The molecule has 2 atom stereocenters. The molecule has 7 heteroatoms. The number of hydrogen-bond donors (Lipinski definition) is 3. The van der Waals surface area contributed by atoms with Gasteiger partial charge in [0.25, 0.3) is 0 Å². The number of hydrogen-bond acceptors (Lipinski definition) is 4. The second-order valence-electron chi connectivity index (χ2n) is 8.14. The van der Waals surface area contributed by atoms with E-state index in [-0.39, 0.29) is 18.9 Å². The quantitative estimate of drug-likeness (QED) is 0.519. The van der Waals surface area contributed by atoms with Gasteiger partial charge in [0.1, 0.15) is 12.6 Å². The molecular weight excluding hydrogens is 408 g/mol. The van der Waals surface area contributed by atoms with E-state index in [4.69, 9.17) is 9.84 Å². The first-order chi connectivity index (χ1) is 15.4. The fraction of sp³-hybridized carbons (Fsp3) is 0.400. The van der Waals surface area contributed by atoms with Crippen LogP contribution in [-0.2, 0) is 14.3 Å². The largest absolute Gasteiger partial charge is 0.481 e. The molecule has 0 aromatic heterocycles. The van der Waals surface area contributed by atoms with Gasteiger partial charge >= 0.3 is 12.1 Å². The van der Waals surface area contributed by atoms with E-state index in [1.807, 2.05) is 43.3 Å². The third-order valence-corrected chi connectivity index (χ3v) is 5.74. The average molecular weight is 439 g/mol. The highest BCUT2D eigenvalue weighted by atomic mass is 16.5. The summed E-state index contributed by atoms with van der Waals surface area (Å²) in [6, 6.07) is 14.8. The lowest BCUT2D eigenvalue weighted by Gasteiger charge is -2.21. The number of nitrogens with one attached hydrogen (secondary N) is 2. The predicted octanol–water partition coefficient (Wildman–Crippen LogP) is 4.06. The molecule has 0 bridgehead atoms. The number of fused-ring (bicyclic) bond motifs is 3. The molecule has 2 amide bonds. The Bertz CT molecular complexity index is 929. The summed E-state index contributed by atoms with van der Waals surface area (Å²) in [6.07, 6.45) is 1.46. The molecule has 3 N–H and O–H groups in total. The molecule has 1 aliphatic carbocycles. The van der Waals surface area contributed by atoms with Gasteiger partial charge in [0.15, 0.2) is 0 Å². The highest BCUT2D eigenvalue weighted by molar-refractivity contribution is 5.86. The fourth-order valence-corrected chi connectivity index (χ4v) is 4.10. The molecule has 0 saturated carbocycles. The summed E-state index contributed by atoms with van der Waals surface area (Å²) < 4.78 is 5.47. The molecule has 0 spiro atoms. The second-order valence-corrected chi connectivity index (χ2v) is 8.14. The van der Waals surface area contributed by atoms with Gasteiger partial charge in [0, 0.05) is 12.0 Å². The lowest BCUT2D eigenvalue weighted by Crippen LogP contribution is -2.48. The van der Waals surface area contributed by atoms with E-state index < -0.39 is 30.1 Å². The monoisotopic (exact) mass is 438 g/mol. The van der Waals surface area contributed by atoms with Crippen molar-refractivity contribution in [3.05, 3.63) is 59.7 Å². The molecule has 1 aliphatic rings. The molecule has 32 heavy (non-hydrogen) atoms. The van der Waals surface area contributed by atoms with Crippen LogP contribution in [0.3, 0.4) is 0 Å². The van der Waals surface area contributed by atoms with Crippen molar-refractivity contribution in [1.29, 1.82) is 0 Å². The van der Waals surface area contributed by atoms with Crippen LogP contribution in [-0.4, -0.2) is 41.8 Å². The van der Waals surface area contributed by atoms with Crippen LogP contribution in [0.5, 0.6) is 0 Å². The Labute approximate surface area is 188 Å². The van der Waals surface area contributed by atoms with Gasteiger partial charge < -0.3 is 20.5 Å². The van der Waals surface area contributed by atoms with E-state index in [1.165, 1.54) is 0 Å². The van der Waals surface area contributed by atoms with Crippen LogP contribution >= 0.6 is 0 Å². The number of carboxylic acid groups (broad SMARTS) is 1. The first kappa shape index (κ1) is 23.3. The molecule has 0 saturated heterocycles. The van der Waals surface area contributed by atoms with Crippen molar-refractivity contribution in [1.82, 2.24) is 10.6 Å². The Morgan fingerprint density at radius 1 is 1.00 bits per heavy atom. The minimum Gasteiger partial charge on any atom is -0.481 e. The maximum absolute atomic E-state index is 12.4. The van der Waals surface area contributed by atoms with Crippen LogP contribution < -0.4 is 10.6 Å². The Kier molecular flexibility index (Phi) is 7.87. The summed E-state index contributed by atoms with van der Waals surface area (Å²) in [6.45, 7) is 3.71. The zero-order chi connectivity index (χ0) is 23.1. The smallest absolute Gasteiger partial charge is 0.407 e. The first-order valence-electron chi connectivity index (χ1n) is 11.0. The minimum absolute atomic E-state index is 0.0636. The van der Waals surface area contributed by atoms with E-state index in [9.17, 15) is 14.4 Å². The number of carbonyl (C=O) groups excluding carboxylic acids is 2. The van der Waals surface area contributed by atoms with Gasteiger partial charge in [-0.1, -0.05) is 68.3 Å². The second kappa shape index (κ2) is 10.8. The van der Waals surface area contributed by atoms with Crippen LogP contribution in [0.25, 0.3) is 11.1 Å². The zero-order valence-electron chi connectivity index (χ0n) is 18.5. The Hall–Kier alpha value is -3.35. The van der Waals surface area contributed by atoms with Crippen molar-refractivity contribution in [3.8, 4) is 11.1 Å². The molecule has 0 radical (unpaired) electrons. The number of benzene rings is 2. The number of unbranched alkanes of at least 4 members (excludes halogenated alkanes) is 1. The zero-order valence-corrected chi connectivity index (χ0v) is 18.5. The van der Waals surface area contributed by atoms with Gasteiger partial charge in [-0.25, -0.2) is 4.79 Å². The maximum atomic E-state index is 12.4. The molecule has 170 valence electrons. The molecule has 3 rings (SSSR count). The van der Waals surface area contributed by atoms with Crippen LogP contribution in [0.2, 0.25) is 0 Å². The lowest BCUT2D eigenvalue weighted by atomic mass is 9.98. The molecule has 7 nitrogen and oxygen atoms in total. The predicted molar refractivity (Wildman–Crippen MR) is 121 cm³/mol. The molecule has 2 aromatic rings. The number of amides is 2. The van der Waals surface area contributed by atoms with Gasteiger partial charge in [0.2, 0.25) is 5.91 Å². The third-order valence-electron chi connectivity index (χ3n) is 5.74. The highest BCUT2D eigenvalue weighted by Crippen LogP contribution is 2.44. The van der Waals surface area contributed by atoms with Crippen molar-refractivity contribution in [3.63, 3.8) is 0 Å². The SMILES string of the molecule is CCCCC(CC(=O)O)NC(=O)[C@@H](C)NC(=O)OCC1c2ccccc2-c2ccccc21. The summed E-state index contributed by atoms with van der Waals surface area (Å²) in [5.41, 5.74) is 4.50. The average Bonchev–Trinajstić information content (AvgIpc) is 3.09. The van der Waals surface area contributed by atoms with E-state index in [0.717, 1.165) is 35.1 Å². The number of carboxylic acids is 1. The van der Waals surface area contributed by atoms with Crippen molar-refractivity contribution >= 4 is 18.0 Å². The fourth-order valence-electron chi connectivity index (χ4n) is 4.10. The van der Waals surface area contributed by atoms with Crippen LogP contribution in [0, 0.1) is 0 Å². The number of carbonyl (C=O) groups is 3. The third kappa shape index (κ3) is 5.66. The Morgan fingerprint density at radius 3 is 2.16 bits per heavy atom. The van der Waals surface area contributed by atoms with Crippen molar-refractivity contribution in [2.24, 2.45) is 0 Å². The van der Waals surface area contributed by atoms with Crippen molar-refractivity contribution in [2.45, 2.75) is 57.5 Å². The van der Waals surface area contributed by atoms with Gasteiger partial charge in [-0.3, -0.25) is 9.59 Å². The topological polar surface area (TPSA) is 105 Å². The van der Waals surface area contributed by atoms with E-state index in [2.05, 4.69) is 22.8 Å². The summed E-state index contributed by atoms with van der Waals surface area (Å²) >= 11 is 0. The van der Waals surface area contributed by atoms with Crippen molar-refractivity contribution in [2.75, 3.05) is 6.61 Å². The number of alkyl carbamates (subject to hydrolysis) is 1. The van der Waals surface area contributed by atoms with Gasteiger partial charge in [-0.15, -0.1) is 0 Å². The van der Waals surface area contributed by atoms with Crippen LogP contribution in [0.4, 0.5) is 4.79 Å². The van der Waals surface area contributed by atoms with E-state index in [0.29, 0.717) is 6.42 Å². The Morgan fingerprint density at radius 2 is 1.59 bits per heavy atom. The number of rotatable bonds is 10. The Balaban J connectivity index is 1.55. The molecule has 2 aromatic carbocycles. The van der Waals surface area contributed by atoms with Crippen molar-refractivity contribution < 1.29 is 24.2 Å². The van der Waals surface area contributed by atoms with Crippen LogP contribution in [0.1, 0.15) is 56.6 Å². The molecule has 0 fully saturated rings. The van der Waals surface area contributed by atoms with Gasteiger partial charge in [0.05, 0.1) is 6.42 Å². The van der Waals surface area contributed by atoms with E-state index in [1.54, 1.807) is 6.92 Å². The van der Waals surface area contributed by atoms with Gasteiger partial charge in [-0.2, -0.15) is 0 Å². The molecule has 0 heterocycles. The normalized spacial score (nSPS) is 14.1. The summed E-state index contributed by atoms with van der Waals surface area (Å²) in [7, 11) is 0.